The Morgan fingerprint density at radius 1 is 1.03 bits per heavy atom. The van der Waals surface area contributed by atoms with Crippen LogP contribution in [0.5, 0.6) is 0 Å². The number of fused-ring (bicyclic) bond motifs is 1. The van der Waals surface area contributed by atoms with Gasteiger partial charge in [0.1, 0.15) is 12.4 Å². The van der Waals surface area contributed by atoms with Crippen LogP contribution >= 0.6 is 15.9 Å². The first kappa shape index (κ1) is 20.7. The van der Waals surface area contributed by atoms with E-state index in [4.69, 9.17) is 0 Å². The van der Waals surface area contributed by atoms with Crippen LogP contribution in [0.1, 0.15) is 5.56 Å². The van der Waals surface area contributed by atoms with Gasteiger partial charge in [0.2, 0.25) is 11.8 Å². The average molecular weight is 461 g/mol. The van der Waals surface area contributed by atoms with E-state index in [2.05, 4.69) is 31.5 Å². The van der Waals surface area contributed by atoms with Crippen molar-refractivity contribution in [3.05, 3.63) is 75.0 Å². The third-order valence-electron chi connectivity index (χ3n) is 4.15. The van der Waals surface area contributed by atoms with Gasteiger partial charge in [-0.1, -0.05) is 28.1 Å². The topological polar surface area (TPSA) is 93.1 Å². The lowest BCUT2D eigenvalue weighted by atomic mass is 10.1. The molecular weight excluding hydrogens is 443 g/mol. The first-order valence-corrected chi connectivity index (χ1v) is 9.64. The molecule has 0 atom stereocenters. The molecule has 0 aliphatic rings. The number of carbonyl (C=O) groups is 2. The van der Waals surface area contributed by atoms with E-state index in [9.17, 15) is 18.8 Å². The highest BCUT2D eigenvalue weighted by molar-refractivity contribution is 9.10. The average Bonchev–Trinajstić information content (AvgIpc) is 2.70. The number of carbonyl (C=O) groups excluding carboxylic acids is 2. The van der Waals surface area contributed by atoms with E-state index in [1.54, 1.807) is 30.3 Å². The summed E-state index contributed by atoms with van der Waals surface area (Å²) in [6, 6.07) is 10.9. The third kappa shape index (κ3) is 5.71. The van der Waals surface area contributed by atoms with Crippen LogP contribution in [-0.2, 0) is 22.6 Å². The lowest BCUT2D eigenvalue weighted by molar-refractivity contribution is -0.123. The molecule has 1 heterocycles. The number of benzene rings is 2. The van der Waals surface area contributed by atoms with Gasteiger partial charge in [0.05, 0.1) is 23.7 Å². The number of halogens is 2. The lowest BCUT2D eigenvalue weighted by Gasteiger charge is -2.09. The van der Waals surface area contributed by atoms with E-state index in [0.29, 0.717) is 16.5 Å². The molecule has 2 N–H and O–H groups in total. The molecule has 7 nitrogen and oxygen atoms in total. The fraction of sp³-hybridized carbons (Fsp3) is 0.200. The number of nitrogens with zero attached hydrogens (tertiary/aromatic N) is 2. The van der Waals surface area contributed by atoms with Crippen molar-refractivity contribution in [2.75, 3.05) is 13.1 Å². The van der Waals surface area contributed by atoms with Crippen LogP contribution in [0.4, 0.5) is 4.39 Å². The largest absolute Gasteiger partial charge is 0.354 e. The summed E-state index contributed by atoms with van der Waals surface area (Å²) in [5.74, 6) is -0.951. The van der Waals surface area contributed by atoms with Gasteiger partial charge in [0.25, 0.3) is 5.56 Å². The van der Waals surface area contributed by atoms with Crippen LogP contribution in [0.2, 0.25) is 0 Å². The van der Waals surface area contributed by atoms with Crippen LogP contribution in [-0.4, -0.2) is 34.5 Å². The molecule has 0 saturated carbocycles. The number of aromatic nitrogens is 2. The molecule has 9 heteroatoms. The van der Waals surface area contributed by atoms with Crippen molar-refractivity contribution >= 4 is 38.6 Å². The Morgan fingerprint density at radius 2 is 1.72 bits per heavy atom. The van der Waals surface area contributed by atoms with Gasteiger partial charge in [-0.3, -0.25) is 19.0 Å². The quantitative estimate of drug-likeness (QED) is 0.525. The van der Waals surface area contributed by atoms with E-state index < -0.39 is 0 Å². The molecule has 0 aliphatic carbocycles. The minimum Gasteiger partial charge on any atom is -0.354 e. The predicted molar refractivity (Wildman–Crippen MR) is 110 cm³/mol. The molecule has 150 valence electrons. The molecule has 0 unspecified atom stereocenters. The maximum atomic E-state index is 12.9. The Labute approximate surface area is 174 Å². The highest BCUT2D eigenvalue weighted by Gasteiger charge is 2.09. The highest BCUT2D eigenvalue weighted by atomic mass is 79.9. The molecule has 0 spiro atoms. The summed E-state index contributed by atoms with van der Waals surface area (Å²) in [4.78, 5) is 40.6. The Kier molecular flexibility index (Phi) is 6.71. The molecule has 3 rings (SSSR count). The minimum atomic E-state index is -0.365. The molecule has 2 aromatic carbocycles. The zero-order valence-corrected chi connectivity index (χ0v) is 16.9. The molecule has 0 saturated heterocycles. The van der Waals surface area contributed by atoms with Crippen molar-refractivity contribution in [3.8, 4) is 0 Å². The molecule has 0 bridgehead atoms. The number of hydrogen-bond acceptors (Lipinski definition) is 4. The van der Waals surface area contributed by atoms with Gasteiger partial charge in [0.15, 0.2) is 0 Å². The van der Waals surface area contributed by atoms with E-state index in [0.717, 1.165) is 4.47 Å². The van der Waals surface area contributed by atoms with Crippen molar-refractivity contribution < 1.29 is 14.0 Å². The Hall–Kier alpha value is -3.07. The summed E-state index contributed by atoms with van der Waals surface area (Å²) in [5.41, 5.74) is 0.945. The second-order valence-electron chi connectivity index (χ2n) is 6.34. The molecule has 2 amide bonds. The first-order valence-electron chi connectivity index (χ1n) is 8.85. The maximum Gasteiger partial charge on any atom is 0.261 e. The maximum absolute atomic E-state index is 12.9. The summed E-state index contributed by atoms with van der Waals surface area (Å²) in [7, 11) is 0. The van der Waals surface area contributed by atoms with E-state index in [-0.39, 0.29) is 49.2 Å². The van der Waals surface area contributed by atoms with Crippen LogP contribution in [0.15, 0.2) is 58.1 Å². The molecule has 1 aromatic heterocycles. The molecule has 0 fully saturated rings. The number of amides is 2. The summed E-state index contributed by atoms with van der Waals surface area (Å²) in [6.07, 6.45) is 1.46. The van der Waals surface area contributed by atoms with Crippen molar-refractivity contribution in [2.45, 2.75) is 13.0 Å². The summed E-state index contributed by atoms with van der Waals surface area (Å²) in [6.45, 7) is 0.288. The monoisotopic (exact) mass is 460 g/mol. The SMILES string of the molecule is O=C(Cc1ccc(F)cc1)NCCNC(=O)Cn1cnc2ccc(Br)cc2c1=O. The van der Waals surface area contributed by atoms with Crippen molar-refractivity contribution in [1.82, 2.24) is 20.2 Å². The molecule has 0 radical (unpaired) electrons. The van der Waals surface area contributed by atoms with Crippen LogP contribution < -0.4 is 16.2 Å². The van der Waals surface area contributed by atoms with Crippen LogP contribution in [0.3, 0.4) is 0 Å². The lowest BCUT2D eigenvalue weighted by Crippen LogP contribution is -2.38. The first-order chi connectivity index (χ1) is 13.9. The summed E-state index contributed by atoms with van der Waals surface area (Å²) in [5, 5.41) is 5.74. The number of nitrogens with one attached hydrogen (secondary N) is 2. The van der Waals surface area contributed by atoms with E-state index in [1.807, 2.05) is 0 Å². The van der Waals surface area contributed by atoms with E-state index in [1.165, 1.54) is 23.0 Å². The number of rotatable bonds is 7. The zero-order valence-electron chi connectivity index (χ0n) is 15.3. The second-order valence-corrected chi connectivity index (χ2v) is 7.26. The van der Waals surface area contributed by atoms with Gasteiger partial charge < -0.3 is 10.6 Å². The predicted octanol–water partition coefficient (Wildman–Crippen LogP) is 1.77. The fourth-order valence-electron chi connectivity index (χ4n) is 2.71. The van der Waals surface area contributed by atoms with E-state index >= 15 is 0 Å². The molecule has 0 aliphatic heterocycles. The van der Waals surface area contributed by atoms with Gasteiger partial charge in [-0.25, -0.2) is 9.37 Å². The molecule has 3 aromatic rings. The van der Waals surface area contributed by atoms with Crippen LogP contribution in [0, 0.1) is 5.82 Å². The molecule has 29 heavy (non-hydrogen) atoms. The highest BCUT2D eigenvalue weighted by Crippen LogP contribution is 2.14. The van der Waals surface area contributed by atoms with Gasteiger partial charge in [-0.2, -0.15) is 0 Å². The minimum absolute atomic E-state index is 0.127. The zero-order chi connectivity index (χ0) is 20.8. The second kappa shape index (κ2) is 9.42. The van der Waals surface area contributed by atoms with Crippen molar-refractivity contribution in [1.29, 1.82) is 0 Å². The molecular formula is C20H18BrFN4O3. The Morgan fingerprint density at radius 3 is 2.45 bits per heavy atom. The standard InChI is InChI=1S/C20H18BrFN4O3/c21-14-3-6-17-16(10-14)20(29)26(12-25-17)11-19(28)24-8-7-23-18(27)9-13-1-4-15(22)5-2-13/h1-6,10,12H,7-9,11H2,(H,23,27)(H,24,28). The third-order valence-corrected chi connectivity index (χ3v) is 4.64. The number of hydrogen-bond donors (Lipinski definition) is 2. The van der Waals surface area contributed by atoms with Gasteiger partial charge in [0, 0.05) is 17.6 Å². The normalized spacial score (nSPS) is 10.7. The van der Waals surface area contributed by atoms with Gasteiger partial charge >= 0.3 is 0 Å². The summed E-state index contributed by atoms with van der Waals surface area (Å²) < 4.78 is 14.8. The fourth-order valence-corrected chi connectivity index (χ4v) is 3.07. The Bertz CT molecular complexity index is 1100. The summed E-state index contributed by atoms with van der Waals surface area (Å²) >= 11 is 3.31. The Balaban J connectivity index is 1.46. The van der Waals surface area contributed by atoms with Crippen molar-refractivity contribution in [3.63, 3.8) is 0 Å². The van der Waals surface area contributed by atoms with Gasteiger partial charge in [-0.05, 0) is 35.9 Å². The van der Waals surface area contributed by atoms with Gasteiger partial charge in [-0.15, -0.1) is 0 Å². The smallest absolute Gasteiger partial charge is 0.261 e. The van der Waals surface area contributed by atoms with Crippen LogP contribution in [0.25, 0.3) is 10.9 Å². The van der Waals surface area contributed by atoms with Crippen molar-refractivity contribution in [2.24, 2.45) is 0 Å².